The zero-order chi connectivity index (χ0) is 10.8. The molecule has 1 aliphatic heterocycles. The molecule has 0 fully saturated rings. The molecule has 1 aromatic rings. The van der Waals surface area contributed by atoms with Crippen molar-refractivity contribution in [1.82, 2.24) is 0 Å². The molecule has 0 N–H and O–H groups in total. The highest BCUT2D eigenvalue weighted by Crippen LogP contribution is 2.33. The van der Waals surface area contributed by atoms with Gasteiger partial charge in [0.1, 0.15) is 19.0 Å². The Morgan fingerprint density at radius 3 is 2.60 bits per heavy atom. The molecule has 0 saturated heterocycles. The van der Waals surface area contributed by atoms with Crippen molar-refractivity contribution >= 4 is 5.78 Å². The van der Waals surface area contributed by atoms with Gasteiger partial charge in [-0.1, -0.05) is 13.0 Å². The first-order chi connectivity index (χ1) is 7.18. The molecule has 1 heterocycles. The van der Waals surface area contributed by atoms with E-state index >= 15 is 0 Å². The van der Waals surface area contributed by atoms with Crippen LogP contribution in [0.5, 0.6) is 11.5 Å². The topological polar surface area (TPSA) is 35.5 Å². The number of Topliss-reactive ketones (excluding diaryl/α,β-unsaturated/α-hetero) is 1. The highest BCUT2D eigenvalue weighted by molar-refractivity contribution is 5.83. The Morgan fingerprint density at radius 1 is 1.27 bits per heavy atom. The van der Waals surface area contributed by atoms with Crippen LogP contribution in [0, 0.1) is 0 Å². The van der Waals surface area contributed by atoms with E-state index in [1.165, 1.54) is 0 Å². The van der Waals surface area contributed by atoms with Gasteiger partial charge in [0.15, 0.2) is 11.5 Å². The van der Waals surface area contributed by atoms with Crippen molar-refractivity contribution in [2.45, 2.75) is 19.8 Å². The van der Waals surface area contributed by atoms with Crippen LogP contribution in [0.2, 0.25) is 0 Å². The highest BCUT2D eigenvalue weighted by atomic mass is 16.6. The lowest BCUT2D eigenvalue weighted by Crippen LogP contribution is -2.16. The highest BCUT2D eigenvalue weighted by Gasteiger charge is 2.16. The molecule has 2 rings (SSSR count). The second-order valence-corrected chi connectivity index (χ2v) is 3.74. The van der Waals surface area contributed by atoms with E-state index < -0.39 is 0 Å². The quantitative estimate of drug-likeness (QED) is 0.743. The van der Waals surface area contributed by atoms with E-state index in [9.17, 15) is 4.79 Å². The lowest BCUT2D eigenvalue weighted by molar-refractivity contribution is -0.118. The van der Waals surface area contributed by atoms with Crippen LogP contribution in [0.15, 0.2) is 18.2 Å². The minimum Gasteiger partial charge on any atom is -0.486 e. The van der Waals surface area contributed by atoms with Crippen LogP contribution in [-0.4, -0.2) is 19.0 Å². The Balaban J connectivity index is 2.31. The fraction of sp³-hybridized carbons (Fsp3) is 0.417. The summed E-state index contributed by atoms with van der Waals surface area (Å²) in [6, 6.07) is 5.67. The molecule has 1 unspecified atom stereocenters. The van der Waals surface area contributed by atoms with Crippen LogP contribution >= 0.6 is 0 Å². The summed E-state index contributed by atoms with van der Waals surface area (Å²) in [6.45, 7) is 4.66. The van der Waals surface area contributed by atoms with Gasteiger partial charge in [-0.15, -0.1) is 0 Å². The molecule has 0 spiro atoms. The lowest BCUT2D eigenvalue weighted by Gasteiger charge is -2.19. The third-order valence-electron chi connectivity index (χ3n) is 2.68. The number of ether oxygens (including phenoxy) is 2. The van der Waals surface area contributed by atoms with E-state index in [1.54, 1.807) is 6.92 Å². The molecule has 0 aromatic heterocycles. The van der Waals surface area contributed by atoms with E-state index in [0.29, 0.717) is 13.2 Å². The van der Waals surface area contributed by atoms with Crippen LogP contribution in [-0.2, 0) is 4.79 Å². The van der Waals surface area contributed by atoms with E-state index in [0.717, 1.165) is 17.1 Å². The van der Waals surface area contributed by atoms with Crippen molar-refractivity contribution in [1.29, 1.82) is 0 Å². The smallest absolute Gasteiger partial charge is 0.161 e. The summed E-state index contributed by atoms with van der Waals surface area (Å²) < 4.78 is 10.9. The summed E-state index contributed by atoms with van der Waals surface area (Å²) in [4.78, 5) is 11.2. The minimum atomic E-state index is -0.0826. The third kappa shape index (κ3) is 1.96. The largest absolute Gasteiger partial charge is 0.486 e. The zero-order valence-electron chi connectivity index (χ0n) is 8.95. The Morgan fingerprint density at radius 2 is 1.93 bits per heavy atom. The molecule has 1 atom stereocenters. The molecular formula is C12H14O3. The minimum absolute atomic E-state index is 0.0826. The maximum atomic E-state index is 11.2. The number of carbonyl (C=O) groups is 1. The molecule has 0 saturated carbocycles. The van der Waals surface area contributed by atoms with E-state index in [1.807, 2.05) is 25.1 Å². The number of hydrogen-bond donors (Lipinski definition) is 0. The molecule has 0 bridgehead atoms. The van der Waals surface area contributed by atoms with Gasteiger partial charge in [-0.2, -0.15) is 0 Å². The van der Waals surface area contributed by atoms with Gasteiger partial charge in [-0.05, 0) is 24.6 Å². The van der Waals surface area contributed by atoms with Crippen LogP contribution in [0.25, 0.3) is 0 Å². The van der Waals surface area contributed by atoms with E-state index in [-0.39, 0.29) is 11.7 Å². The maximum Gasteiger partial charge on any atom is 0.161 e. The van der Waals surface area contributed by atoms with Crippen molar-refractivity contribution in [2.75, 3.05) is 13.2 Å². The molecule has 15 heavy (non-hydrogen) atoms. The maximum absolute atomic E-state index is 11.2. The van der Waals surface area contributed by atoms with Crippen molar-refractivity contribution in [2.24, 2.45) is 0 Å². The van der Waals surface area contributed by atoms with Crippen LogP contribution in [0.3, 0.4) is 0 Å². The predicted molar refractivity (Wildman–Crippen MR) is 56.5 cm³/mol. The monoisotopic (exact) mass is 206 g/mol. The van der Waals surface area contributed by atoms with Gasteiger partial charge in [-0.3, -0.25) is 4.79 Å². The average Bonchev–Trinajstić information content (AvgIpc) is 2.27. The van der Waals surface area contributed by atoms with Crippen molar-refractivity contribution < 1.29 is 14.3 Å². The van der Waals surface area contributed by atoms with Crippen molar-refractivity contribution in [3.8, 4) is 11.5 Å². The second-order valence-electron chi connectivity index (χ2n) is 3.74. The van der Waals surface area contributed by atoms with Gasteiger partial charge in [0, 0.05) is 5.92 Å². The molecule has 1 aromatic carbocycles. The van der Waals surface area contributed by atoms with Gasteiger partial charge >= 0.3 is 0 Å². The number of carbonyl (C=O) groups excluding carboxylic acids is 1. The zero-order valence-corrected chi connectivity index (χ0v) is 8.95. The molecule has 3 nitrogen and oxygen atoms in total. The SMILES string of the molecule is CC(=O)C(C)c1ccc2c(c1)OCCO2. The molecule has 3 heteroatoms. The second kappa shape index (κ2) is 3.93. The summed E-state index contributed by atoms with van der Waals surface area (Å²) in [5, 5.41) is 0. The Bertz CT molecular complexity index is 384. The first-order valence-electron chi connectivity index (χ1n) is 5.08. The predicted octanol–water partition coefficient (Wildman–Crippen LogP) is 2.15. The van der Waals surface area contributed by atoms with Gasteiger partial charge < -0.3 is 9.47 Å². The van der Waals surface area contributed by atoms with E-state index in [2.05, 4.69) is 0 Å². The first kappa shape index (κ1) is 10.0. The Hall–Kier alpha value is -1.51. The third-order valence-corrected chi connectivity index (χ3v) is 2.68. The molecule has 0 radical (unpaired) electrons. The van der Waals surface area contributed by atoms with Crippen molar-refractivity contribution in [3.05, 3.63) is 23.8 Å². The van der Waals surface area contributed by atoms with Gasteiger partial charge in [0.25, 0.3) is 0 Å². The standard InChI is InChI=1S/C12H14O3/c1-8(9(2)13)10-3-4-11-12(7-10)15-6-5-14-11/h3-4,7-8H,5-6H2,1-2H3. The van der Waals surface area contributed by atoms with Crippen LogP contribution < -0.4 is 9.47 Å². The number of hydrogen-bond acceptors (Lipinski definition) is 3. The summed E-state index contributed by atoms with van der Waals surface area (Å²) in [7, 11) is 0. The normalized spacial score (nSPS) is 15.9. The number of benzene rings is 1. The fourth-order valence-electron chi connectivity index (χ4n) is 1.56. The van der Waals surface area contributed by atoms with Crippen molar-refractivity contribution in [3.63, 3.8) is 0 Å². The van der Waals surface area contributed by atoms with Crippen LogP contribution in [0.1, 0.15) is 25.3 Å². The van der Waals surface area contributed by atoms with Crippen LogP contribution in [0.4, 0.5) is 0 Å². The van der Waals surface area contributed by atoms with Gasteiger partial charge in [-0.25, -0.2) is 0 Å². The summed E-state index contributed by atoms with van der Waals surface area (Å²) >= 11 is 0. The lowest BCUT2D eigenvalue weighted by atomic mass is 9.97. The number of rotatable bonds is 2. The molecular weight excluding hydrogens is 192 g/mol. The number of ketones is 1. The van der Waals surface area contributed by atoms with Gasteiger partial charge in [0.05, 0.1) is 0 Å². The first-order valence-corrected chi connectivity index (χ1v) is 5.08. The average molecular weight is 206 g/mol. The molecule has 0 amide bonds. The Labute approximate surface area is 89.0 Å². The molecule has 0 aliphatic carbocycles. The fourth-order valence-corrected chi connectivity index (χ4v) is 1.56. The van der Waals surface area contributed by atoms with Gasteiger partial charge in [0.2, 0.25) is 0 Å². The summed E-state index contributed by atoms with van der Waals surface area (Å²) in [5.41, 5.74) is 0.978. The van der Waals surface area contributed by atoms with E-state index in [4.69, 9.17) is 9.47 Å². The molecule has 1 aliphatic rings. The summed E-state index contributed by atoms with van der Waals surface area (Å²) in [6.07, 6.45) is 0. The molecule has 80 valence electrons. The Kier molecular flexibility index (Phi) is 2.62. The number of fused-ring (bicyclic) bond motifs is 1. The summed E-state index contributed by atoms with van der Waals surface area (Å²) in [5.74, 6) is 1.58.